The number of rotatable bonds is 8. The summed E-state index contributed by atoms with van der Waals surface area (Å²) < 4.78 is 0. The first-order chi connectivity index (χ1) is 11.7. The number of unbranched alkanes of at least 4 members (excludes halogenated alkanes) is 2. The van der Waals surface area contributed by atoms with E-state index in [1.165, 1.54) is 0 Å². The predicted molar refractivity (Wildman–Crippen MR) is 112 cm³/mol. The zero-order valence-corrected chi connectivity index (χ0v) is 20.7. The van der Waals surface area contributed by atoms with Crippen molar-refractivity contribution in [3.63, 3.8) is 0 Å². The van der Waals surface area contributed by atoms with Crippen LogP contribution >= 0.6 is 0 Å². The van der Waals surface area contributed by atoms with E-state index in [1.54, 1.807) is 20.8 Å². The Morgan fingerprint density at radius 1 is 0.852 bits per heavy atom. The normalized spacial score (nSPS) is 12.7. The molecule has 0 heterocycles. The first-order valence-corrected chi connectivity index (χ1v) is 9.75. The number of aliphatic hydroxyl groups is 4. The van der Waals surface area contributed by atoms with E-state index in [4.69, 9.17) is 30.6 Å². The van der Waals surface area contributed by atoms with Crippen LogP contribution in [0, 0.1) is 0 Å². The van der Waals surface area contributed by atoms with E-state index in [9.17, 15) is 0 Å². The third-order valence-corrected chi connectivity index (χ3v) is 2.63. The molecule has 7 heteroatoms. The van der Waals surface area contributed by atoms with Crippen molar-refractivity contribution in [2.24, 2.45) is 0 Å². The molecule has 0 amide bonds. The molecule has 27 heavy (non-hydrogen) atoms. The van der Waals surface area contributed by atoms with Gasteiger partial charge in [-0.15, -0.1) is 0 Å². The van der Waals surface area contributed by atoms with Crippen molar-refractivity contribution in [3.05, 3.63) is 0 Å². The fraction of sp³-hybridized carbons (Fsp3) is 1.00. The van der Waals surface area contributed by atoms with Crippen LogP contribution in [-0.4, -0.2) is 67.3 Å². The number of hydrogen-bond acceptors (Lipinski definition) is 4. The van der Waals surface area contributed by atoms with Crippen LogP contribution in [0.15, 0.2) is 0 Å². The van der Waals surface area contributed by atoms with Gasteiger partial charge in [0.05, 0.1) is 18.1 Å². The first kappa shape index (κ1) is 38.1. The standard InChI is InChI=1S/2C6H14O2.2C4H10O.Ti/c2*1-5(7)4-6(2,3)8;2*1-2-3-4-5;/h2*5,7-8H,4H2,1-3H3;2*5H,2-4H2,1H3;/p+2. The van der Waals surface area contributed by atoms with Crippen molar-refractivity contribution in [3.8, 4) is 0 Å². The monoisotopic (exact) mass is 434 g/mol. The summed E-state index contributed by atoms with van der Waals surface area (Å²) in [4.78, 5) is 0. The summed E-state index contributed by atoms with van der Waals surface area (Å²) in [7, 11) is 0. The van der Waals surface area contributed by atoms with Crippen molar-refractivity contribution in [1.29, 1.82) is 0 Å². The minimum Gasteiger partial charge on any atom is -0.443 e. The van der Waals surface area contributed by atoms with Crippen molar-refractivity contribution < 1.29 is 52.4 Å². The van der Waals surface area contributed by atoms with Crippen molar-refractivity contribution >= 4 is 0 Å². The summed E-state index contributed by atoms with van der Waals surface area (Å²) in [6.07, 6.45) is 4.67. The Hall–Kier alpha value is 0.474. The van der Waals surface area contributed by atoms with E-state index < -0.39 is 17.3 Å². The molecule has 0 aromatic rings. The van der Waals surface area contributed by atoms with Gasteiger partial charge in [-0.05, 0) is 33.6 Å². The van der Waals surface area contributed by atoms with Crippen LogP contribution in [0.4, 0.5) is 0 Å². The van der Waals surface area contributed by atoms with Gasteiger partial charge in [0, 0.05) is 62.1 Å². The fourth-order valence-corrected chi connectivity index (χ4v) is 1.80. The maximum absolute atomic E-state index is 9.03. The van der Waals surface area contributed by atoms with E-state index in [1.807, 2.05) is 20.8 Å². The molecule has 6 nitrogen and oxygen atoms in total. The molecule has 0 radical (unpaired) electrons. The molecule has 0 bridgehead atoms. The quantitative estimate of drug-likeness (QED) is 0.345. The third-order valence-electron chi connectivity index (χ3n) is 2.63. The van der Waals surface area contributed by atoms with Gasteiger partial charge in [-0.1, -0.05) is 26.7 Å². The third kappa shape index (κ3) is 75.7. The van der Waals surface area contributed by atoms with Crippen LogP contribution in [-0.2, 0) is 21.7 Å². The topological polar surface area (TPSA) is 127 Å². The Morgan fingerprint density at radius 3 is 1.19 bits per heavy atom. The van der Waals surface area contributed by atoms with Gasteiger partial charge in [0.2, 0.25) is 0 Å². The SMILES string of the molecule is CC(O)CC(C)(C)O.CC([OH2+])CC(C)(C)[OH2+].CCCCO.CCCCO.[Ti]. The van der Waals surface area contributed by atoms with Gasteiger partial charge in [0.25, 0.3) is 0 Å². The summed E-state index contributed by atoms with van der Waals surface area (Å²) in [6.45, 7) is 15.3. The van der Waals surface area contributed by atoms with Gasteiger partial charge in [-0.3, -0.25) is 0 Å². The fourth-order valence-electron chi connectivity index (χ4n) is 1.80. The molecule has 0 rings (SSSR count). The van der Waals surface area contributed by atoms with Crippen molar-refractivity contribution in [2.45, 2.75) is 117 Å². The summed E-state index contributed by atoms with van der Waals surface area (Å²) in [5, 5.41) is 48.3. The summed E-state index contributed by atoms with van der Waals surface area (Å²) in [5.74, 6) is 0. The second kappa shape index (κ2) is 24.5. The zero-order chi connectivity index (χ0) is 21.8. The molecular weight excluding hydrogens is 384 g/mol. The Bertz CT molecular complexity index is 218. The van der Waals surface area contributed by atoms with Gasteiger partial charge in [0.15, 0.2) is 11.7 Å². The van der Waals surface area contributed by atoms with Crippen molar-refractivity contribution in [1.82, 2.24) is 0 Å². The summed E-state index contributed by atoms with van der Waals surface area (Å²) >= 11 is 0. The Labute approximate surface area is 182 Å². The largest absolute Gasteiger partial charge is 0.443 e. The van der Waals surface area contributed by atoms with Crippen LogP contribution in [0.3, 0.4) is 0 Å². The average molecular weight is 434 g/mol. The molecule has 0 spiro atoms. The molecule has 0 saturated carbocycles. The molecule has 0 fully saturated rings. The molecule has 0 aliphatic carbocycles. The predicted octanol–water partition coefficient (Wildman–Crippen LogP) is 2.08. The summed E-state index contributed by atoms with van der Waals surface area (Å²) in [5.41, 5.74) is -1.14. The van der Waals surface area contributed by atoms with E-state index in [2.05, 4.69) is 13.8 Å². The molecule has 8 N–H and O–H groups in total. The maximum Gasteiger partial charge on any atom is 0.165 e. The molecular formula is C20H50O6Ti+2. The van der Waals surface area contributed by atoms with Gasteiger partial charge in [0.1, 0.15) is 0 Å². The number of aliphatic hydroxyl groups excluding tert-OH is 3. The molecule has 0 aliphatic heterocycles. The second-order valence-electron chi connectivity index (χ2n) is 8.01. The molecule has 2 unspecified atom stereocenters. The van der Waals surface area contributed by atoms with Crippen LogP contribution < -0.4 is 0 Å². The van der Waals surface area contributed by atoms with Gasteiger partial charge >= 0.3 is 0 Å². The van der Waals surface area contributed by atoms with Crippen LogP contribution in [0.2, 0.25) is 0 Å². The zero-order valence-electron chi connectivity index (χ0n) is 19.1. The van der Waals surface area contributed by atoms with E-state index in [-0.39, 0.29) is 27.8 Å². The summed E-state index contributed by atoms with van der Waals surface area (Å²) in [6, 6.07) is 0. The molecule has 0 saturated heterocycles. The van der Waals surface area contributed by atoms with Crippen LogP contribution in [0.1, 0.15) is 93.9 Å². The van der Waals surface area contributed by atoms with Gasteiger partial charge in [-0.25, -0.2) is 0 Å². The Kier molecular flexibility index (Phi) is 34.6. The van der Waals surface area contributed by atoms with Crippen molar-refractivity contribution in [2.75, 3.05) is 13.2 Å². The van der Waals surface area contributed by atoms with E-state index in [0.29, 0.717) is 26.1 Å². The average Bonchev–Trinajstić information content (AvgIpc) is 2.36. The molecule has 168 valence electrons. The molecule has 0 aromatic carbocycles. The van der Waals surface area contributed by atoms with E-state index >= 15 is 0 Å². The molecule has 0 aromatic heterocycles. The molecule has 0 aliphatic rings. The van der Waals surface area contributed by atoms with Gasteiger partial charge in [-0.2, -0.15) is 0 Å². The van der Waals surface area contributed by atoms with Gasteiger partial charge < -0.3 is 30.6 Å². The van der Waals surface area contributed by atoms with Crippen LogP contribution in [0.5, 0.6) is 0 Å². The minimum atomic E-state index is -0.728. The molecule has 2 atom stereocenters. The van der Waals surface area contributed by atoms with Crippen LogP contribution in [0.25, 0.3) is 0 Å². The smallest absolute Gasteiger partial charge is 0.165 e. The second-order valence-corrected chi connectivity index (χ2v) is 8.01. The Balaban J connectivity index is -0.0000000807. The number of hydrogen-bond donors (Lipinski definition) is 4. The van der Waals surface area contributed by atoms with E-state index in [0.717, 1.165) is 25.7 Å². The first-order valence-electron chi connectivity index (χ1n) is 9.75. The Morgan fingerprint density at radius 2 is 1.19 bits per heavy atom. The minimum absolute atomic E-state index is 0. The maximum atomic E-state index is 9.03.